The minimum absolute atomic E-state index is 0.489. The SMILES string of the molecule is Cc1cnc(Nc2ccccc2CN)o1.O=C(O)C(F)(F)F. The van der Waals surface area contributed by atoms with Crippen LogP contribution in [0.25, 0.3) is 0 Å². The smallest absolute Gasteiger partial charge is 0.475 e. The maximum atomic E-state index is 10.6. The van der Waals surface area contributed by atoms with Gasteiger partial charge in [-0.3, -0.25) is 0 Å². The van der Waals surface area contributed by atoms with Crippen LogP contribution >= 0.6 is 0 Å². The van der Waals surface area contributed by atoms with E-state index in [-0.39, 0.29) is 0 Å². The Bertz CT molecular complexity index is 626. The van der Waals surface area contributed by atoms with Gasteiger partial charge in [-0.1, -0.05) is 18.2 Å². The van der Waals surface area contributed by atoms with Gasteiger partial charge in [0.05, 0.1) is 6.20 Å². The fourth-order valence-corrected chi connectivity index (χ4v) is 1.35. The van der Waals surface area contributed by atoms with Gasteiger partial charge < -0.3 is 20.6 Å². The standard InChI is InChI=1S/C11H13N3O.C2HF3O2/c1-8-7-13-11(15-8)14-10-5-3-2-4-9(10)6-12;3-2(4,5)1(6)7/h2-5,7H,6,12H2,1H3,(H,13,14);(H,6,7). The Morgan fingerprint density at radius 1 is 1.41 bits per heavy atom. The first kappa shape index (κ1) is 17.5. The molecule has 0 radical (unpaired) electrons. The highest BCUT2D eigenvalue weighted by Gasteiger charge is 2.38. The molecule has 0 aliphatic rings. The second-order valence-electron chi connectivity index (χ2n) is 4.07. The van der Waals surface area contributed by atoms with Crippen LogP contribution in [0.1, 0.15) is 11.3 Å². The number of aryl methyl sites for hydroxylation is 1. The van der Waals surface area contributed by atoms with E-state index >= 15 is 0 Å². The molecule has 0 spiro atoms. The number of carboxylic acid groups (broad SMARTS) is 1. The fraction of sp³-hybridized carbons (Fsp3) is 0.231. The van der Waals surface area contributed by atoms with Crippen molar-refractivity contribution in [3.63, 3.8) is 0 Å². The van der Waals surface area contributed by atoms with Gasteiger partial charge in [0.2, 0.25) is 0 Å². The number of nitrogens with zero attached hydrogens (tertiary/aromatic N) is 1. The molecule has 0 saturated heterocycles. The van der Waals surface area contributed by atoms with Crippen LogP contribution in [0.5, 0.6) is 0 Å². The highest BCUT2D eigenvalue weighted by molar-refractivity contribution is 5.73. The highest BCUT2D eigenvalue weighted by Crippen LogP contribution is 2.19. The summed E-state index contributed by atoms with van der Waals surface area (Å²) in [7, 11) is 0. The molecule has 0 aliphatic carbocycles. The van der Waals surface area contributed by atoms with E-state index in [2.05, 4.69) is 10.3 Å². The van der Waals surface area contributed by atoms with Crippen LogP contribution in [-0.2, 0) is 11.3 Å². The average molecular weight is 317 g/mol. The van der Waals surface area contributed by atoms with Crippen molar-refractivity contribution in [1.29, 1.82) is 0 Å². The van der Waals surface area contributed by atoms with Crippen LogP contribution in [0.3, 0.4) is 0 Å². The molecule has 0 aliphatic heterocycles. The van der Waals surface area contributed by atoms with Gasteiger partial charge in [0.25, 0.3) is 6.01 Å². The van der Waals surface area contributed by atoms with Crippen molar-refractivity contribution < 1.29 is 27.5 Å². The summed E-state index contributed by atoms with van der Waals surface area (Å²) in [6.45, 7) is 2.34. The average Bonchev–Trinajstić information content (AvgIpc) is 2.84. The summed E-state index contributed by atoms with van der Waals surface area (Å²) in [5.74, 6) is -1.98. The largest absolute Gasteiger partial charge is 0.490 e. The Balaban J connectivity index is 0.000000295. The van der Waals surface area contributed by atoms with E-state index in [1.165, 1.54) is 0 Å². The van der Waals surface area contributed by atoms with Crippen molar-refractivity contribution in [2.75, 3.05) is 5.32 Å². The number of anilines is 2. The quantitative estimate of drug-likeness (QED) is 0.804. The first-order valence-electron chi connectivity index (χ1n) is 6.01. The predicted molar refractivity (Wildman–Crippen MR) is 72.5 cm³/mol. The Morgan fingerprint density at radius 3 is 2.45 bits per heavy atom. The van der Waals surface area contributed by atoms with Crippen molar-refractivity contribution in [1.82, 2.24) is 4.98 Å². The van der Waals surface area contributed by atoms with E-state index in [1.807, 2.05) is 31.2 Å². The van der Waals surface area contributed by atoms with E-state index in [9.17, 15) is 13.2 Å². The molecule has 120 valence electrons. The maximum Gasteiger partial charge on any atom is 0.490 e. The number of aromatic nitrogens is 1. The molecule has 1 aromatic carbocycles. The number of hydrogen-bond donors (Lipinski definition) is 3. The van der Waals surface area contributed by atoms with Crippen molar-refractivity contribution >= 4 is 17.7 Å². The van der Waals surface area contributed by atoms with Crippen LogP contribution in [0.4, 0.5) is 24.9 Å². The van der Waals surface area contributed by atoms with Gasteiger partial charge in [-0.15, -0.1) is 0 Å². The van der Waals surface area contributed by atoms with Gasteiger partial charge in [-0.05, 0) is 18.6 Å². The molecule has 1 heterocycles. The number of halogens is 3. The topological polar surface area (TPSA) is 101 Å². The number of rotatable bonds is 3. The highest BCUT2D eigenvalue weighted by atomic mass is 19.4. The molecule has 0 atom stereocenters. The van der Waals surface area contributed by atoms with E-state index in [0.717, 1.165) is 17.0 Å². The Labute approximate surface area is 123 Å². The predicted octanol–water partition coefficient (Wildman–Crippen LogP) is 2.82. The molecular formula is C13H14F3N3O3. The van der Waals surface area contributed by atoms with Gasteiger partial charge in [-0.2, -0.15) is 13.2 Å². The number of oxazole rings is 1. The fourth-order valence-electron chi connectivity index (χ4n) is 1.35. The number of nitrogens with one attached hydrogen (secondary N) is 1. The van der Waals surface area contributed by atoms with E-state index < -0.39 is 12.1 Å². The van der Waals surface area contributed by atoms with Crippen molar-refractivity contribution in [3.8, 4) is 0 Å². The molecule has 0 saturated carbocycles. The number of alkyl halides is 3. The van der Waals surface area contributed by atoms with Gasteiger partial charge in [-0.25, -0.2) is 9.78 Å². The second-order valence-corrected chi connectivity index (χ2v) is 4.07. The molecule has 22 heavy (non-hydrogen) atoms. The molecule has 0 bridgehead atoms. The van der Waals surface area contributed by atoms with Crippen LogP contribution in [0.2, 0.25) is 0 Å². The third-order valence-electron chi connectivity index (χ3n) is 2.34. The molecule has 0 amide bonds. The maximum absolute atomic E-state index is 10.6. The molecule has 9 heteroatoms. The normalized spacial score (nSPS) is 10.6. The number of carboxylic acids is 1. The molecule has 1 aromatic heterocycles. The minimum atomic E-state index is -5.08. The summed E-state index contributed by atoms with van der Waals surface area (Å²) < 4.78 is 37.1. The number of hydrogen-bond acceptors (Lipinski definition) is 5. The third-order valence-corrected chi connectivity index (χ3v) is 2.34. The summed E-state index contributed by atoms with van der Waals surface area (Å²) >= 11 is 0. The first-order valence-corrected chi connectivity index (χ1v) is 6.01. The molecular weight excluding hydrogens is 303 g/mol. The lowest BCUT2D eigenvalue weighted by molar-refractivity contribution is -0.192. The summed E-state index contributed by atoms with van der Waals surface area (Å²) in [6, 6.07) is 8.30. The lowest BCUT2D eigenvalue weighted by Crippen LogP contribution is -2.21. The zero-order valence-electron chi connectivity index (χ0n) is 11.5. The minimum Gasteiger partial charge on any atom is -0.475 e. The summed E-state index contributed by atoms with van der Waals surface area (Å²) in [4.78, 5) is 13.0. The number of para-hydroxylation sites is 1. The summed E-state index contributed by atoms with van der Waals surface area (Å²) in [5, 5.41) is 10.2. The number of benzene rings is 1. The summed E-state index contributed by atoms with van der Waals surface area (Å²) in [5.41, 5.74) is 7.59. The van der Waals surface area contributed by atoms with Gasteiger partial charge in [0, 0.05) is 12.2 Å². The van der Waals surface area contributed by atoms with Crippen LogP contribution in [-0.4, -0.2) is 22.2 Å². The van der Waals surface area contributed by atoms with Gasteiger partial charge in [0.1, 0.15) is 5.76 Å². The molecule has 2 rings (SSSR count). The number of carbonyl (C=O) groups is 1. The zero-order valence-corrected chi connectivity index (χ0v) is 11.5. The number of nitrogens with two attached hydrogens (primary N) is 1. The van der Waals surface area contributed by atoms with Gasteiger partial charge >= 0.3 is 12.1 Å². The third kappa shape index (κ3) is 5.44. The number of aliphatic carboxylic acids is 1. The Hall–Kier alpha value is -2.55. The van der Waals surface area contributed by atoms with Crippen LogP contribution in [0, 0.1) is 6.92 Å². The molecule has 4 N–H and O–H groups in total. The van der Waals surface area contributed by atoms with Crippen molar-refractivity contribution in [2.45, 2.75) is 19.6 Å². The molecule has 0 unspecified atom stereocenters. The lowest BCUT2D eigenvalue weighted by atomic mass is 10.2. The van der Waals surface area contributed by atoms with E-state index in [0.29, 0.717) is 12.6 Å². The van der Waals surface area contributed by atoms with Crippen LogP contribution < -0.4 is 11.1 Å². The molecule has 0 fully saturated rings. The monoisotopic (exact) mass is 317 g/mol. The van der Waals surface area contributed by atoms with Crippen LogP contribution in [0.15, 0.2) is 34.9 Å². The zero-order chi connectivity index (χ0) is 16.8. The van der Waals surface area contributed by atoms with Crippen molar-refractivity contribution in [2.24, 2.45) is 5.73 Å². The lowest BCUT2D eigenvalue weighted by Gasteiger charge is -2.06. The summed E-state index contributed by atoms with van der Waals surface area (Å²) in [6.07, 6.45) is -3.41. The molecule has 2 aromatic rings. The Morgan fingerprint density at radius 2 is 2.00 bits per heavy atom. The molecule has 6 nitrogen and oxygen atoms in total. The van der Waals surface area contributed by atoms with E-state index in [1.54, 1.807) is 6.20 Å². The Kier molecular flexibility index (Phi) is 5.93. The van der Waals surface area contributed by atoms with Crippen molar-refractivity contribution in [3.05, 3.63) is 41.8 Å². The van der Waals surface area contributed by atoms with Gasteiger partial charge in [0.15, 0.2) is 0 Å². The van der Waals surface area contributed by atoms with E-state index in [4.69, 9.17) is 20.1 Å². The first-order chi connectivity index (χ1) is 10.2. The second kappa shape index (κ2) is 7.46.